The standard InChI is InChI=1S/C23H28N2O7S/c1-16(2)17-4-7-19(8-5-17)24-22(26)15-32-23(27)18-6-9-20(30-3)21(14-18)33(28,29)25-10-12-31-13-11-25/h4-9,14,16H,10-13,15H2,1-3H3,(H,24,26). The Morgan fingerprint density at radius 1 is 1.09 bits per heavy atom. The van der Waals surface area contributed by atoms with Crippen molar-refractivity contribution >= 4 is 27.6 Å². The Balaban J connectivity index is 1.67. The van der Waals surface area contributed by atoms with Crippen LogP contribution in [-0.2, 0) is 24.3 Å². The number of hydrogen-bond acceptors (Lipinski definition) is 7. The third-order valence-corrected chi connectivity index (χ3v) is 7.10. The molecule has 0 bridgehead atoms. The highest BCUT2D eigenvalue weighted by molar-refractivity contribution is 7.89. The molecule has 2 aromatic carbocycles. The zero-order valence-electron chi connectivity index (χ0n) is 18.9. The van der Waals surface area contributed by atoms with Crippen molar-refractivity contribution in [3.05, 3.63) is 53.6 Å². The monoisotopic (exact) mass is 476 g/mol. The van der Waals surface area contributed by atoms with Gasteiger partial charge in [-0.25, -0.2) is 13.2 Å². The van der Waals surface area contributed by atoms with Crippen molar-refractivity contribution in [1.29, 1.82) is 0 Å². The number of morpholine rings is 1. The largest absolute Gasteiger partial charge is 0.495 e. The fraction of sp³-hybridized carbons (Fsp3) is 0.391. The van der Waals surface area contributed by atoms with E-state index < -0.39 is 28.5 Å². The minimum absolute atomic E-state index is 0.00304. The van der Waals surface area contributed by atoms with Crippen LogP contribution in [0.3, 0.4) is 0 Å². The van der Waals surface area contributed by atoms with Crippen molar-refractivity contribution in [3.63, 3.8) is 0 Å². The molecule has 0 unspecified atom stereocenters. The predicted octanol–water partition coefficient (Wildman–Crippen LogP) is 2.64. The summed E-state index contributed by atoms with van der Waals surface area (Å²) in [4.78, 5) is 24.5. The molecular weight excluding hydrogens is 448 g/mol. The molecule has 1 N–H and O–H groups in total. The average molecular weight is 477 g/mol. The zero-order valence-corrected chi connectivity index (χ0v) is 19.7. The van der Waals surface area contributed by atoms with Gasteiger partial charge in [0.05, 0.1) is 25.9 Å². The molecule has 0 saturated carbocycles. The number of esters is 1. The van der Waals surface area contributed by atoms with Gasteiger partial charge in [0.15, 0.2) is 6.61 Å². The molecule has 1 amide bonds. The summed E-state index contributed by atoms with van der Waals surface area (Å²) in [5.41, 5.74) is 1.72. The number of hydrogen-bond donors (Lipinski definition) is 1. The Bertz CT molecular complexity index is 1090. The highest BCUT2D eigenvalue weighted by atomic mass is 32.2. The molecule has 1 fully saturated rings. The zero-order chi connectivity index (χ0) is 24.0. The van der Waals surface area contributed by atoms with Crippen molar-refractivity contribution in [1.82, 2.24) is 4.31 Å². The van der Waals surface area contributed by atoms with Crippen LogP contribution in [0.1, 0.15) is 35.7 Å². The van der Waals surface area contributed by atoms with Gasteiger partial charge in [0.1, 0.15) is 10.6 Å². The van der Waals surface area contributed by atoms with Crippen LogP contribution >= 0.6 is 0 Å². The van der Waals surface area contributed by atoms with E-state index in [9.17, 15) is 18.0 Å². The first-order valence-corrected chi connectivity index (χ1v) is 12.0. The van der Waals surface area contributed by atoms with Crippen LogP contribution in [0.5, 0.6) is 5.75 Å². The van der Waals surface area contributed by atoms with E-state index in [0.717, 1.165) is 5.56 Å². The molecule has 33 heavy (non-hydrogen) atoms. The Hall–Kier alpha value is -2.95. The Kier molecular flexibility index (Phi) is 8.06. The van der Waals surface area contributed by atoms with Gasteiger partial charge in [-0.3, -0.25) is 4.79 Å². The molecule has 1 aliphatic heterocycles. The summed E-state index contributed by atoms with van der Waals surface area (Å²) in [5.74, 6) is -0.838. The second kappa shape index (κ2) is 10.8. The van der Waals surface area contributed by atoms with Gasteiger partial charge in [0.2, 0.25) is 10.0 Å². The third-order valence-electron chi connectivity index (χ3n) is 5.18. The lowest BCUT2D eigenvalue weighted by molar-refractivity contribution is -0.119. The van der Waals surface area contributed by atoms with Crippen LogP contribution in [0, 0.1) is 0 Å². The summed E-state index contributed by atoms with van der Waals surface area (Å²) in [7, 11) is -2.55. The van der Waals surface area contributed by atoms with E-state index in [1.54, 1.807) is 12.1 Å². The van der Waals surface area contributed by atoms with Crippen molar-refractivity contribution in [2.75, 3.05) is 45.3 Å². The fourth-order valence-electron chi connectivity index (χ4n) is 3.29. The average Bonchev–Trinajstić information content (AvgIpc) is 2.83. The molecule has 1 saturated heterocycles. The van der Waals surface area contributed by atoms with E-state index in [1.807, 2.05) is 12.1 Å². The van der Waals surface area contributed by atoms with Crippen LogP contribution in [0.25, 0.3) is 0 Å². The van der Waals surface area contributed by atoms with E-state index >= 15 is 0 Å². The van der Waals surface area contributed by atoms with Crippen molar-refractivity contribution < 1.29 is 32.2 Å². The van der Waals surface area contributed by atoms with E-state index in [2.05, 4.69) is 19.2 Å². The molecule has 1 aliphatic rings. The number of methoxy groups -OCH3 is 1. The van der Waals surface area contributed by atoms with Crippen molar-refractivity contribution in [2.45, 2.75) is 24.7 Å². The summed E-state index contributed by atoms with van der Waals surface area (Å²) in [6, 6.07) is 11.4. The van der Waals surface area contributed by atoms with E-state index in [-0.39, 0.29) is 29.3 Å². The van der Waals surface area contributed by atoms with Crippen LogP contribution in [0.4, 0.5) is 5.69 Å². The number of benzene rings is 2. The van der Waals surface area contributed by atoms with Gasteiger partial charge in [0, 0.05) is 18.8 Å². The van der Waals surface area contributed by atoms with Crippen molar-refractivity contribution in [2.24, 2.45) is 0 Å². The lowest BCUT2D eigenvalue weighted by Gasteiger charge is -2.26. The number of ether oxygens (including phenoxy) is 3. The smallest absolute Gasteiger partial charge is 0.338 e. The molecule has 10 heteroatoms. The maximum absolute atomic E-state index is 13.1. The molecule has 0 aromatic heterocycles. The number of rotatable bonds is 8. The molecule has 0 radical (unpaired) electrons. The van der Waals surface area contributed by atoms with Gasteiger partial charge in [-0.15, -0.1) is 0 Å². The molecule has 0 atom stereocenters. The molecule has 1 heterocycles. The number of carbonyl (C=O) groups excluding carboxylic acids is 2. The van der Waals surface area contributed by atoms with E-state index in [1.165, 1.54) is 29.6 Å². The van der Waals surface area contributed by atoms with Gasteiger partial charge in [-0.1, -0.05) is 26.0 Å². The lowest BCUT2D eigenvalue weighted by atomic mass is 10.0. The molecule has 9 nitrogen and oxygen atoms in total. The van der Waals surface area contributed by atoms with Gasteiger partial charge in [-0.2, -0.15) is 4.31 Å². The lowest BCUT2D eigenvalue weighted by Crippen LogP contribution is -2.40. The van der Waals surface area contributed by atoms with Gasteiger partial charge in [0.25, 0.3) is 5.91 Å². The molecule has 0 aliphatic carbocycles. The number of nitrogens with one attached hydrogen (secondary N) is 1. The second-order valence-corrected chi connectivity index (χ2v) is 9.69. The Labute approximate surface area is 193 Å². The second-order valence-electron chi connectivity index (χ2n) is 7.78. The highest BCUT2D eigenvalue weighted by Gasteiger charge is 2.30. The number of sulfonamides is 1. The van der Waals surface area contributed by atoms with Crippen LogP contribution < -0.4 is 10.1 Å². The first-order valence-electron chi connectivity index (χ1n) is 10.5. The highest BCUT2D eigenvalue weighted by Crippen LogP contribution is 2.28. The van der Waals surface area contributed by atoms with E-state index in [4.69, 9.17) is 14.2 Å². The number of amides is 1. The summed E-state index contributed by atoms with van der Waals surface area (Å²) < 4.78 is 42.9. The number of anilines is 1. The normalized spacial score (nSPS) is 14.7. The summed E-state index contributed by atoms with van der Waals surface area (Å²) in [5, 5.41) is 2.66. The van der Waals surface area contributed by atoms with Crippen molar-refractivity contribution in [3.8, 4) is 5.75 Å². The third kappa shape index (κ3) is 6.10. The summed E-state index contributed by atoms with van der Waals surface area (Å²) in [6.07, 6.45) is 0. The minimum atomic E-state index is -3.90. The quantitative estimate of drug-likeness (QED) is 0.583. The van der Waals surface area contributed by atoms with Crippen LogP contribution in [0.2, 0.25) is 0 Å². The molecule has 0 spiro atoms. The first kappa shape index (κ1) is 24.7. The molecule has 3 rings (SSSR count). The first-order chi connectivity index (χ1) is 15.7. The number of nitrogens with zero attached hydrogens (tertiary/aromatic N) is 1. The minimum Gasteiger partial charge on any atom is -0.495 e. The molecule has 178 valence electrons. The predicted molar refractivity (Wildman–Crippen MR) is 122 cm³/mol. The Morgan fingerprint density at radius 2 is 1.76 bits per heavy atom. The maximum Gasteiger partial charge on any atom is 0.338 e. The topological polar surface area (TPSA) is 111 Å². The molecule has 2 aromatic rings. The van der Waals surface area contributed by atoms with Gasteiger partial charge < -0.3 is 19.5 Å². The SMILES string of the molecule is COc1ccc(C(=O)OCC(=O)Nc2ccc(C(C)C)cc2)cc1S(=O)(=O)N1CCOCC1. The van der Waals surface area contributed by atoms with Crippen LogP contribution in [-0.4, -0.2) is 64.6 Å². The summed E-state index contributed by atoms with van der Waals surface area (Å²) >= 11 is 0. The van der Waals surface area contributed by atoms with Gasteiger partial charge >= 0.3 is 5.97 Å². The maximum atomic E-state index is 13.1. The number of carbonyl (C=O) groups is 2. The Morgan fingerprint density at radius 3 is 2.36 bits per heavy atom. The molecular formula is C23H28N2O7S. The summed E-state index contributed by atoms with van der Waals surface area (Å²) in [6.45, 7) is 4.63. The fourth-order valence-corrected chi connectivity index (χ4v) is 4.88. The van der Waals surface area contributed by atoms with Crippen LogP contribution in [0.15, 0.2) is 47.4 Å². The van der Waals surface area contributed by atoms with Gasteiger partial charge in [-0.05, 0) is 41.8 Å². The van der Waals surface area contributed by atoms with E-state index in [0.29, 0.717) is 24.8 Å².